The van der Waals surface area contributed by atoms with Crippen molar-refractivity contribution in [2.45, 2.75) is 0 Å². The zero-order chi connectivity index (χ0) is 13.8. The molecule has 0 aromatic heterocycles. The van der Waals surface area contributed by atoms with Gasteiger partial charge in [0.05, 0.1) is 12.7 Å². The quantitative estimate of drug-likeness (QED) is 0.625. The van der Waals surface area contributed by atoms with E-state index in [1.165, 1.54) is 19.2 Å². The van der Waals surface area contributed by atoms with Crippen molar-refractivity contribution in [3.8, 4) is 5.75 Å². The molecule has 96 valence electrons. The lowest BCUT2D eigenvalue weighted by molar-refractivity contribution is 0.103. The highest BCUT2D eigenvalue weighted by Gasteiger charge is 2.11. The summed E-state index contributed by atoms with van der Waals surface area (Å²) in [6.07, 6.45) is 0.389. The minimum Gasteiger partial charge on any atom is -0.497 e. The van der Waals surface area contributed by atoms with E-state index in [4.69, 9.17) is 4.74 Å². The zero-order valence-electron chi connectivity index (χ0n) is 10.2. The van der Waals surface area contributed by atoms with E-state index in [0.717, 1.165) is 6.07 Å². The van der Waals surface area contributed by atoms with Crippen LogP contribution in [0.1, 0.15) is 26.3 Å². The van der Waals surface area contributed by atoms with Gasteiger partial charge in [-0.15, -0.1) is 0 Å². The Morgan fingerprint density at radius 3 is 2.32 bits per heavy atom. The van der Waals surface area contributed by atoms with Crippen LogP contribution in [-0.2, 0) is 0 Å². The number of hydrogen-bond donors (Lipinski definition) is 0. The second kappa shape index (κ2) is 5.44. The molecule has 0 N–H and O–H groups in total. The highest BCUT2D eigenvalue weighted by Crippen LogP contribution is 2.16. The number of hydrogen-bond acceptors (Lipinski definition) is 3. The number of benzene rings is 2. The Labute approximate surface area is 109 Å². The van der Waals surface area contributed by atoms with Gasteiger partial charge < -0.3 is 4.74 Å². The largest absolute Gasteiger partial charge is 0.497 e. The lowest BCUT2D eigenvalue weighted by Gasteiger charge is -2.04. The molecule has 2 aromatic carbocycles. The van der Waals surface area contributed by atoms with Crippen molar-refractivity contribution in [1.29, 1.82) is 0 Å². The molecule has 3 nitrogen and oxygen atoms in total. The molecule has 2 aromatic rings. The molecule has 0 atom stereocenters. The fourth-order valence-electron chi connectivity index (χ4n) is 1.68. The van der Waals surface area contributed by atoms with Crippen LogP contribution in [0.25, 0.3) is 0 Å². The molecule has 0 spiro atoms. The predicted octanol–water partition coefficient (Wildman–Crippen LogP) is 2.88. The third-order valence-electron chi connectivity index (χ3n) is 2.74. The molecule has 0 saturated heterocycles. The average molecular weight is 258 g/mol. The Balaban J connectivity index is 2.35. The van der Waals surface area contributed by atoms with Crippen LogP contribution in [0.3, 0.4) is 0 Å². The van der Waals surface area contributed by atoms with Crippen LogP contribution < -0.4 is 4.74 Å². The van der Waals surface area contributed by atoms with Crippen LogP contribution in [0.4, 0.5) is 4.39 Å². The van der Waals surface area contributed by atoms with Gasteiger partial charge in [-0.1, -0.05) is 0 Å². The number of methoxy groups -OCH3 is 1. The Morgan fingerprint density at radius 1 is 1.11 bits per heavy atom. The van der Waals surface area contributed by atoms with Crippen molar-refractivity contribution >= 4 is 12.1 Å². The van der Waals surface area contributed by atoms with E-state index in [0.29, 0.717) is 17.6 Å². The molecule has 0 fully saturated rings. The van der Waals surface area contributed by atoms with Crippen molar-refractivity contribution in [2.24, 2.45) is 0 Å². The standard InChI is InChI=1S/C15H11FO3/c1-19-13-5-2-10(3-6-13)15(18)11-4-7-14(16)12(8-11)9-17/h2-9H,1H3. The maximum atomic E-state index is 13.2. The summed E-state index contributed by atoms with van der Waals surface area (Å²) in [4.78, 5) is 22.8. The van der Waals surface area contributed by atoms with Gasteiger partial charge in [-0.3, -0.25) is 9.59 Å². The molecule has 0 aliphatic carbocycles. The van der Waals surface area contributed by atoms with Crippen molar-refractivity contribution in [3.05, 3.63) is 65.0 Å². The molecule has 0 heterocycles. The van der Waals surface area contributed by atoms with E-state index in [2.05, 4.69) is 0 Å². The molecule has 2 rings (SSSR count). The second-order valence-corrected chi connectivity index (χ2v) is 3.91. The summed E-state index contributed by atoms with van der Waals surface area (Å²) in [5.74, 6) is -0.267. The van der Waals surface area contributed by atoms with Crippen LogP contribution in [0.5, 0.6) is 5.75 Å². The topological polar surface area (TPSA) is 43.4 Å². The number of carbonyl (C=O) groups excluding carboxylic acids is 2. The second-order valence-electron chi connectivity index (χ2n) is 3.91. The minimum absolute atomic E-state index is 0.126. The molecule has 19 heavy (non-hydrogen) atoms. The van der Waals surface area contributed by atoms with E-state index >= 15 is 0 Å². The number of halogens is 1. The molecular weight excluding hydrogens is 247 g/mol. The lowest BCUT2D eigenvalue weighted by Crippen LogP contribution is -2.03. The molecule has 0 saturated carbocycles. The van der Waals surface area contributed by atoms with E-state index in [9.17, 15) is 14.0 Å². The Hall–Kier alpha value is -2.49. The number of rotatable bonds is 4. The Morgan fingerprint density at radius 2 is 1.74 bits per heavy atom. The van der Waals surface area contributed by atoms with Crippen LogP contribution in [0.2, 0.25) is 0 Å². The normalized spacial score (nSPS) is 10.0. The fraction of sp³-hybridized carbons (Fsp3) is 0.0667. The molecule has 0 unspecified atom stereocenters. The lowest BCUT2D eigenvalue weighted by atomic mass is 10.0. The molecule has 0 bridgehead atoms. The highest BCUT2D eigenvalue weighted by molar-refractivity contribution is 6.09. The molecule has 0 radical (unpaired) electrons. The van der Waals surface area contributed by atoms with Crippen LogP contribution in [0.15, 0.2) is 42.5 Å². The SMILES string of the molecule is COc1ccc(C(=O)c2ccc(F)c(C=O)c2)cc1. The third-order valence-corrected chi connectivity index (χ3v) is 2.74. The molecular formula is C15H11FO3. The monoisotopic (exact) mass is 258 g/mol. The van der Waals surface area contributed by atoms with Crippen molar-refractivity contribution in [3.63, 3.8) is 0 Å². The van der Waals surface area contributed by atoms with Crippen molar-refractivity contribution < 1.29 is 18.7 Å². The summed E-state index contributed by atoms with van der Waals surface area (Å²) < 4.78 is 18.2. The van der Waals surface area contributed by atoms with E-state index in [-0.39, 0.29) is 16.9 Å². The number of aldehydes is 1. The first-order valence-electron chi connectivity index (χ1n) is 5.59. The fourth-order valence-corrected chi connectivity index (χ4v) is 1.68. The Kier molecular flexibility index (Phi) is 3.71. The smallest absolute Gasteiger partial charge is 0.193 e. The first-order chi connectivity index (χ1) is 9.15. The van der Waals surface area contributed by atoms with Gasteiger partial charge >= 0.3 is 0 Å². The predicted molar refractivity (Wildman–Crippen MR) is 68.2 cm³/mol. The van der Waals surface area contributed by atoms with Crippen LogP contribution >= 0.6 is 0 Å². The van der Waals surface area contributed by atoms with Crippen molar-refractivity contribution in [2.75, 3.05) is 7.11 Å². The van der Waals surface area contributed by atoms with Gasteiger partial charge in [-0.05, 0) is 42.5 Å². The summed E-state index contributed by atoms with van der Waals surface area (Å²) in [6, 6.07) is 10.3. The van der Waals surface area contributed by atoms with Crippen LogP contribution in [-0.4, -0.2) is 19.2 Å². The van der Waals surface area contributed by atoms with E-state index < -0.39 is 5.82 Å². The van der Waals surface area contributed by atoms with Gasteiger partial charge in [0.1, 0.15) is 11.6 Å². The molecule has 0 aliphatic heterocycles. The molecule has 0 amide bonds. The summed E-state index contributed by atoms with van der Waals surface area (Å²) >= 11 is 0. The zero-order valence-corrected chi connectivity index (χ0v) is 10.2. The maximum absolute atomic E-state index is 13.2. The summed E-state index contributed by atoms with van der Waals surface area (Å²) in [5, 5.41) is 0. The maximum Gasteiger partial charge on any atom is 0.193 e. The first kappa shape index (κ1) is 13.0. The van der Waals surface area contributed by atoms with E-state index in [1.807, 2.05) is 0 Å². The number of ether oxygens (including phenoxy) is 1. The van der Waals surface area contributed by atoms with Gasteiger partial charge in [0.25, 0.3) is 0 Å². The summed E-state index contributed by atoms with van der Waals surface area (Å²) in [5.41, 5.74) is 0.595. The van der Waals surface area contributed by atoms with Gasteiger partial charge in [0, 0.05) is 11.1 Å². The van der Waals surface area contributed by atoms with Gasteiger partial charge in [0.15, 0.2) is 12.1 Å². The summed E-state index contributed by atoms with van der Waals surface area (Å²) in [7, 11) is 1.53. The molecule has 4 heteroatoms. The minimum atomic E-state index is -0.638. The van der Waals surface area contributed by atoms with Gasteiger partial charge in [0.2, 0.25) is 0 Å². The average Bonchev–Trinajstić information content (AvgIpc) is 2.47. The van der Waals surface area contributed by atoms with Gasteiger partial charge in [-0.25, -0.2) is 4.39 Å². The third kappa shape index (κ3) is 2.68. The van der Waals surface area contributed by atoms with E-state index in [1.54, 1.807) is 24.3 Å². The number of ketones is 1. The highest BCUT2D eigenvalue weighted by atomic mass is 19.1. The number of carbonyl (C=O) groups is 2. The van der Waals surface area contributed by atoms with Gasteiger partial charge in [-0.2, -0.15) is 0 Å². The van der Waals surface area contributed by atoms with Crippen molar-refractivity contribution in [1.82, 2.24) is 0 Å². The van der Waals surface area contributed by atoms with Crippen LogP contribution in [0, 0.1) is 5.82 Å². The Bertz CT molecular complexity index is 618. The first-order valence-corrected chi connectivity index (χ1v) is 5.59. The molecule has 0 aliphatic rings. The summed E-state index contributed by atoms with van der Waals surface area (Å²) in [6.45, 7) is 0.